The predicted octanol–water partition coefficient (Wildman–Crippen LogP) is 1.33. The van der Waals surface area contributed by atoms with Gasteiger partial charge >= 0.3 is 0 Å². The van der Waals surface area contributed by atoms with Gasteiger partial charge in [0, 0.05) is 24.9 Å². The number of nitrogens with zero attached hydrogens (tertiary/aromatic N) is 2. The van der Waals surface area contributed by atoms with Gasteiger partial charge in [-0.15, -0.1) is 0 Å². The minimum absolute atomic E-state index is 0.154. The van der Waals surface area contributed by atoms with Crippen LogP contribution < -0.4 is 15.9 Å². The molecule has 3 aromatic rings. The van der Waals surface area contributed by atoms with Crippen molar-refractivity contribution in [3.63, 3.8) is 0 Å². The molecule has 0 aliphatic heterocycles. The van der Waals surface area contributed by atoms with Crippen molar-refractivity contribution in [2.75, 3.05) is 7.11 Å². The van der Waals surface area contributed by atoms with Crippen molar-refractivity contribution in [3.05, 3.63) is 56.7 Å². The summed E-state index contributed by atoms with van der Waals surface area (Å²) in [7, 11) is 3.20. The van der Waals surface area contributed by atoms with Crippen molar-refractivity contribution in [3.8, 4) is 11.4 Å². The molecule has 0 aliphatic rings. The second kappa shape index (κ2) is 4.66. The Bertz CT molecular complexity index is 947. The molecule has 3 rings (SSSR count). The van der Waals surface area contributed by atoms with E-state index < -0.39 is 0 Å². The van der Waals surface area contributed by atoms with Crippen LogP contribution in [-0.4, -0.2) is 21.5 Å². The van der Waals surface area contributed by atoms with Crippen LogP contribution in [0.25, 0.3) is 16.6 Å². The predicted molar refractivity (Wildman–Crippen MR) is 80.4 cm³/mol. The molecule has 0 aliphatic carbocycles. The lowest BCUT2D eigenvalue weighted by Gasteiger charge is -2.11. The zero-order chi connectivity index (χ0) is 15.1. The van der Waals surface area contributed by atoms with Gasteiger partial charge in [0.1, 0.15) is 5.75 Å². The number of fused-ring (bicyclic) bond motifs is 1. The van der Waals surface area contributed by atoms with E-state index in [0.717, 1.165) is 0 Å². The lowest BCUT2D eigenvalue weighted by atomic mass is 10.2. The van der Waals surface area contributed by atoms with Gasteiger partial charge in [-0.3, -0.25) is 23.9 Å². The minimum atomic E-state index is -0.199. The molecule has 0 spiro atoms. The van der Waals surface area contributed by atoms with Crippen LogP contribution >= 0.6 is 0 Å². The van der Waals surface area contributed by atoms with Crippen molar-refractivity contribution in [1.29, 1.82) is 0 Å². The number of H-pyrrole nitrogens is 1. The van der Waals surface area contributed by atoms with Gasteiger partial charge in [-0.1, -0.05) is 6.07 Å². The zero-order valence-corrected chi connectivity index (χ0v) is 12.0. The lowest BCUT2D eigenvalue weighted by Crippen LogP contribution is -2.21. The van der Waals surface area contributed by atoms with Crippen LogP contribution in [-0.2, 0) is 7.05 Å². The quantitative estimate of drug-likeness (QED) is 0.772. The number of hydrogen-bond donors (Lipinski definition) is 1. The molecule has 0 atom stereocenters. The molecule has 108 valence electrons. The Morgan fingerprint density at radius 3 is 2.67 bits per heavy atom. The third-order valence-corrected chi connectivity index (χ3v) is 3.57. The summed E-state index contributed by atoms with van der Waals surface area (Å²) in [5.41, 5.74) is 1.47. The van der Waals surface area contributed by atoms with E-state index in [0.29, 0.717) is 28.0 Å². The standard InChI is InChI=1S/C15H15N3O3/c1-9-14-12(16-17(2)15(14)20)8-13(19)18(9)10-5-4-6-11(7-10)21-3/h4-8,16H,1-3H3. The number of benzene rings is 1. The Morgan fingerprint density at radius 2 is 1.95 bits per heavy atom. The summed E-state index contributed by atoms with van der Waals surface area (Å²) < 4.78 is 8.07. The molecule has 1 aromatic carbocycles. The van der Waals surface area contributed by atoms with Crippen LogP contribution in [0.2, 0.25) is 0 Å². The summed E-state index contributed by atoms with van der Waals surface area (Å²) >= 11 is 0. The maximum Gasteiger partial charge on any atom is 0.275 e. The highest BCUT2D eigenvalue weighted by atomic mass is 16.5. The van der Waals surface area contributed by atoms with E-state index in [1.807, 2.05) is 0 Å². The molecule has 1 N–H and O–H groups in total. The Labute approximate surface area is 120 Å². The summed E-state index contributed by atoms with van der Waals surface area (Å²) in [4.78, 5) is 24.5. The molecule has 0 radical (unpaired) electrons. The third kappa shape index (κ3) is 1.96. The number of aromatic amines is 1. The largest absolute Gasteiger partial charge is 0.497 e. The highest BCUT2D eigenvalue weighted by molar-refractivity contribution is 5.80. The smallest absolute Gasteiger partial charge is 0.275 e. The number of nitrogens with one attached hydrogen (secondary N) is 1. The van der Waals surface area contributed by atoms with Gasteiger partial charge in [0.2, 0.25) is 0 Å². The molecule has 6 nitrogen and oxygen atoms in total. The summed E-state index contributed by atoms with van der Waals surface area (Å²) in [6.45, 7) is 1.76. The fourth-order valence-corrected chi connectivity index (χ4v) is 2.56. The average Bonchev–Trinajstić information content (AvgIpc) is 2.74. The van der Waals surface area contributed by atoms with Gasteiger partial charge in [-0.25, -0.2) is 0 Å². The van der Waals surface area contributed by atoms with Gasteiger partial charge in [0.25, 0.3) is 11.1 Å². The first kappa shape index (κ1) is 13.2. The van der Waals surface area contributed by atoms with E-state index in [-0.39, 0.29) is 11.1 Å². The SMILES string of the molecule is COc1cccc(-n2c(C)c3c(=O)n(C)[nH]c3cc2=O)c1. The van der Waals surface area contributed by atoms with Crippen molar-refractivity contribution in [1.82, 2.24) is 14.3 Å². The van der Waals surface area contributed by atoms with Crippen molar-refractivity contribution >= 4 is 10.9 Å². The summed E-state index contributed by atoms with van der Waals surface area (Å²) in [6, 6.07) is 8.61. The first-order valence-corrected chi connectivity index (χ1v) is 6.48. The first-order valence-electron chi connectivity index (χ1n) is 6.48. The molecule has 2 heterocycles. The number of aromatic nitrogens is 3. The summed E-state index contributed by atoms with van der Waals surface area (Å²) in [5, 5.41) is 3.39. The number of hydrogen-bond acceptors (Lipinski definition) is 3. The summed E-state index contributed by atoms with van der Waals surface area (Å²) in [5.74, 6) is 0.654. The molecular weight excluding hydrogens is 270 g/mol. The second-order valence-corrected chi connectivity index (χ2v) is 4.87. The fraction of sp³-hybridized carbons (Fsp3) is 0.200. The Kier molecular flexibility index (Phi) is 2.94. The highest BCUT2D eigenvalue weighted by Crippen LogP contribution is 2.19. The van der Waals surface area contributed by atoms with E-state index in [1.54, 1.807) is 45.3 Å². The average molecular weight is 285 g/mol. The molecule has 0 amide bonds. The van der Waals surface area contributed by atoms with Gasteiger partial charge in [0.05, 0.1) is 23.7 Å². The molecular formula is C15H15N3O3. The number of aryl methyl sites for hydroxylation is 2. The van der Waals surface area contributed by atoms with Gasteiger partial charge in [-0.05, 0) is 19.1 Å². The molecule has 6 heteroatoms. The van der Waals surface area contributed by atoms with Crippen LogP contribution in [0.3, 0.4) is 0 Å². The maximum absolute atomic E-state index is 12.4. The molecule has 0 fully saturated rings. The van der Waals surface area contributed by atoms with Crippen LogP contribution in [0, 0.1) is 6.92 Å². The van der Waals surface area contributed by atoms with Crippen LogP contribution in [0.15, 0.2) is 39.9 Å². The van der Waals surface area contributed by atoms with E-state index in [4.69, 9.17) is 4.74 Å². The Balaban J connectivity index is 2.39. The zero-order valence-electron chi connectivity index (χ0n) is 12.0. The van der Waals surface area contributed by atoms with Gasteiger partial charge in [0.15, 0.2) is 0 Å². The van der Waals surface area contributed by atoms with E-state index in [1.165, 1.54) is 15.3 Å². The molecule has 21 heavy (non-hydrogen) atoms. The van der Waals surface area contributed by atoms with Crippen LogP contribution in [0.4, 0.5) is 0 Å². The Morgan fingerprint density at radius 1 is 1.19 bits per heavy atom. The van der Waals surface area contributed by atoms with Gasteiger partial charge in [-0.2, -0.15) is 0 Å². The van der Waals surface area contributed by atoms with Crippen molar-refractivity contribution < 1.29 is 4.74 Å². The summed E-state index contributed by atoms with van der Waals surface area (Å²) in [6.07, 6.45) is 0. The molecule has 0 bridgehead atoms. The topological polar surface area (TPSA) is 69.0 Å². The van der Waals surface area contributed by atoms with Crippen molar-refractivity contribution in [2.24, 2.45) is 7.05 Å². The maximum atomic E-state index is 12.4. The molecule has 0 saturated heterocycles. The minimum Gasteiger partial charge on any atom is -0.497 e. The number of methoxy groups -OCH3 is 1. The fourth-order valence-electron chi connectivity index (χ4n) is 2.56. The van der Waals surface area contributed by atoms with E-state index in [9.17, 15) is 9.59 Å². The van der Waals surface area contributed by atoms with E-state index in [2.05, 4.69) is 5.10 Å². The normalized spacial score (nSPS) is 11.0. The molecule has 2 aromatic heterocycles. The van der Waals surface area contributed by atoms with Crippen LogP contribution in [0.1, 0.15) is 5.69 Å². The second-order valence-electron chi connectivity index (χ2n) is 4.87. The van der Waals surface area contributed by atoms with E-state index >= 15 is 0 Å². The highest BCUT2D eigenvalue weighted by Gasteiger charge is 2.14. The number of ether oxygens (including phenoxy) is 1. The van der Waals surface area contributed by atoms with Crippen LogP contribution in [0.5, 0.6) is 5.75 Å². The van der Waals surface area contributed by atoms with Gasteiger partial charge < -0.3 is 4.74 Å². The van der Waals surface area contributed by atoms with Crippen molar-refractivity contribution in [2.45, 2.75) is 6.92 Å². The number of pyridine rings is 1. The number of rotatable bonds is 2. The molecule has 0 unspecified atom stereocenters. The lowest BCUT2D eigenvalue weighted by molar-refractivity contribution is 0.414. The Hall–Kier alpha value is -2.76. The molecule has 0 saturated carbocycles. The first-order chi connectivity index (χ1) is 10.0. The third-order valence-electron chi connectivity index (χ3n) is 3.57. The monoisotopic (exact) mass is 285 g/mol.